The zero-order valence-corrected chi connectivity index (χ0v) is 14.6. The molecule has 1 aromatic heterocycles. The summed E-state index contributed by atoms with van der Waals surface area (Å²) in [6.45, 7) is 0.324. The summed E-state index contributed by atoms with van der Waals surface area (Å²) in [5, 5.41) is 3.41. The number of nitrogens with zero attached hydrogens (tertiary/aromatic N) is 1. The summed E-state index contributed by atoms with van der Waals surface area (Å²) in [5.41, 5.74) is 1.81. The van der Waals surface area contributed by atoms with Crippen LogP contribution in [0.5, 0.6) is 0 Å². The van der Waals surface area contributed by atoms with Crippen molar-refractivity contribution in [3.05, 3.63) is 98.4 Å². The fraction of sp³-hybridized carbons (Fsp3) is 0.0526. The van der Waals surface area contributed by atoms with Crippen molar-refractivity contribution in [3.8, 4) is 5.69 Å². The minimum Gasteiger partial charge on any atom is -0.348 e. The van der Waals surface area contributed by atoms with E-state index in [9.17, 15) is 9.59 Å². The van der Waals surface area contributed by atoms with Gasteiger partial charge in [-0.3, -0.25) is 14.2 Å². The van der Waals surface area contributed by atoms with E-state index in [-0.39, 0.29) is 17.0 Å². The molecule has 0 spiro atoms. The topological polar surface area (TPSA) is 51.1 Å². The number of aromatic nitrogens is 1. The lowest BCUT2D eigenvalue weighted by atomic mass is 10.1. The number of rotatable bonds is 4. The van der Waals surface area contributed by atoms with Gasteiger partial charge in [-0.2, -0.15) is 0 Å². The Morgan fingerprint density at radius 3 is 2.24 bits per heavy atom. The third-order valence-electron chi connectivity index (χ3n) is 3.68. The lowest BCUT2D eigenvalue weighted by Crippen LogP contribution is -2.23. The molecular weight excluding hydrogens is 359 g/mol. The van der Waals surface area contributed by atoms with Gasteiger partial charge in [-0.25, -0.2) is 0 Å². The maximum absolute atomic E-state index is 12.3. The fourth-order valence-electron chi connectivity index (χ4n) is 2.40. The molecule has 3 aromatic rings. The van der Waals surface area contributed by atoms with E-state index in [1.807, 2.05) is 24.3 Å². The minimum absolute atomic E-state index is 0.100. The second-order valence-corrected chi connectivity index (χ2v) is 6.17. The highest BCUT2D eigenvalue weighted by Crippen LogP contribution is 2.24. The standard InChI is InChI=1S/C19H14Cl2N2O2/c20-15-4-3-5-16(21)18(15)19(25)22-12-13-7-9-14(10-8-13)23-11-2-1-6-17(23)24/h1-11H,12H2,(H,22,25). The quantitative estimate of drug-likeness (QED) is 0.750. The van der Waals surface area contributed by atoms with Crippen molar-refractivity contribution in [1.82, 2.24) is 9.88 Å². The van der Waals surface area contributed by atoms with E-state index in [1.54, 1.807) is 41.1 Å². The molecule has 0 bridgehead atoms. The van der Waals surface area contributed by atoms with Crippen LogP contribution in [-0.4, -0.2) is 10.5 Å². The highest BCUT2D eigenvalue weighted by Gasteiger charge is 2.13. The molecule has 25 heavy (non-hydrogen) atoms. The Bertz CT molecular complexity index is 945. The number of carbonyl (C=O) groups is 1. The summed E-state index contributed by atoms with van der Waals surface area (Å²) in [4.78, 5) is 24.1. The molecule has 0 saturated heterocycles. The summed E-state index contributed by atoms with van der Waals surface area (Å²) in [6, 6.07) is 17.3. The van der Waals surface area contributed by atoms with Gasteiger partial charge in [0.05, 0.1) is 15.6 Å². The van der Waals surface area contributed by atoms with Gasteiger partial charge in [-0.1, -0.05) is 47.5 Å². The van der Waals surface area contributed by atoms with Crippen molar-refractivity contribution in [3.63, 3.8) is 0 Å². The van der Waals surface area contributed by atoms with Gasteiger partial charge in [-0.05, 0) is 35.9 Å². The summed E-state index contributed by atoms with van der Waals surface area (Å²) in [5.74, 6) is -0.334. The largest absolute Gasteiger partial charge is 0.348 e. The predicted molar refractivity (Wildman–Crippen MR) is 99.7 cm³/mol. The van der Waals surface area contributed by atoms with Crippen molar-refractivity contribution >= 4 is 29.1 Å². The van der Waals surface area contributed by atoms with E-state index in [2.05, 4.69) is 5.32 Å². The predicted octanol–water partition coefficient (Wildman–Crippen LogP) is 4.07. The highest BCUT2D eigenvalue weighted by molar-refractivity contribution is 6.39. The molecule has 0 aliphatic heterocycles. The second kappa shape index (κ2) is 7.55. The average molecular weight is 373 g/mol. The molecule has 3 rings (SSSR count). The molecule has 0 atom stereocenters. The van der Waals surface area contributed by atoms with Crippen molar-refractivity contribution in [2.75, 3.05) is 0 Å². The molecule has 0 radical (unpaired) electrons. The van der Waals surface area contributed by atoms with Gasteiger partial charge in [-0.15, -0.1) is 0 Å². The van der Waals surface area contributed by atoms with E-state index in [1.165, 1.54) is 6.07 Å². The van der Waals surface area contributed by atoms with Crippen LogP contribution < -0.4 is 10.9 Å². The van der Waals surface area contributed by atoms with Crippen LogP contribution in [0.2, 0.25) is 10.0 Å². The summed E-state index contributed by atoms with van der Waals surface area (Å²) in [7, 11) is 0. The lowest BCUT2D eigenvalue weighted by Gasteiger charge is -2.10. The number of hydrogen-bond donors (Lipinski definition) is 1. The molecule has 2 aromatic carbocycles. The maximum Gasteiger partial charge on any atom is 0.255 e. The number of pyridine rings is 1. The number of halogens is 2. The third kappa shape index (κ3) is 3.92. The first-order valence-electron chi connectivity index (χ1n) is 7.55. The fourth-order valence-corrected chi connectivity index (χ4v) is 2.97. The van der Waals surface area contributed by atoms with Gasteiger partial charge in [0.25, 0.3) is 11.5 Å². The van der Waals surface area contributed by atoms with Gasteiger partial charge < -0.3 is 5.32 Å². The van der Waals surface area contributed by atoms with Crippen molar-refractivity contribution in [1.29, 1.82) is 0 Å². The molecule has 1 N–H and O–H groups in total. The van der Waals surface area contributed by atoms with Crippen LogP contribution in [0.15, 0.2) is 71.7 Å². The monoisotopic (exact) mass is 372 g/mol. The van der Waals surface area contributed by atoms with Gasteiger partial charge in [0.1, 0.15) is 0 Å². The molecule has 0 fully saturated rings. The maximum atomic E-state index is 12.3. The molecule has 0 aliphatic rings. The Morgan fingerprint density at radius 1 is 0.920 bits per heavy atom. The van der Waals surface area contributed by atoms with E-state index >= 15 is 0 Å². The van der Waals surface area contributed by atoms with E-state index < -0.39 is 0 Å². The number of amides is 1. The SMILES string of the molecule is O=C(NCc1ccc(-n2ccccc2=O)cc1)c1c(Cl)cccc1Cl. The zero-order chi connectivity index (χ0) is 17.8. The van der Waals surface area contributed by atoms with Gasteiger partial charge in [0.15, 0.2) is 0 Å². The van der Waals surface area contributed by atoms with Crippen LogP contribution in [0.4, 0.5) is 0 Å². The molecule has 4 nitrogen and oxygen atoms in total. The summed E-state index contributed by atoms with van der Waals surface area (Å²) < 4.78 is 1.55. The molecule has 6 heteroatoms. The number of benzene rings is 2. The molecule has 1 heterocycles. The van der Waals surface area contributed by atoms with Crippen LogP contribution in [0.25, 0.3) is 5.69 Å². The van der Waals surface area contributed by atoms with Crippen molar-refractivity contribution < 1.29 is 4.79 Å². The first-order valence-corrected chi connectivity index (χ1v) is 8.31. The van der Waals surface area contributed by atoms with Crippen molar-refractivity contribution in [2.45, 2.75) is 6.54 Å². The molecule has 0 saturated carbocycles. The molecular formula is C19H14Cl2N2O2. The lowest BCUT2D eigenvalue weighted by molar-refractivity contribution is 0.0951. The first-order chi connectivity index (χ1) is 12.1. The Kier molecular flexibility index (Phi) is 5.22. The van der Waals surface area contributed by atoms with Gasteiger partial charge in [0.2, 0.25) is 0 Å². The number of hydrogen-bond acceptors (Lipinski definition) is 2. The highest BCUT2D eigenvalue weighted by atomic mass is 35.5. The molecule has 0 unspecified atom stereocenters. The van der Waals surface area contributed by atoms with E-state index in [4.69, 9.17) is 23.2 Å². The third-order valence-corrected chi connectivity index (χ3v) is 4.31. The van der Waals surface area contributed by atoms with E-state index in [0.717, 1.165) is 11.3 Å². The Labute approximate surface area is 154 Å². The summed E-state index contributed by atoms with van der Waals surface area (Å²) >= 11 is 12.1. The van der Waals surface area contributed by atoms with Crippen LogP contribution in [-0.2, 0) is 6.54 Å². The van der Waals surface area contributed by atoms with Crippen LogP contribution in [0.1, 0.15) is 15.9 Å². The smallest absolute Gasteiger partial charge is 0.255 e. The minimum atomic E-state index is -0.334. The molecule has 126 valence electrons. The van der Waals surface area contributed by atoms with Gasteiger partial charge >= 0.3 is 0 Å². The summed E-state index contributed by atoms with van der Waals surface area (Å²) in [6.07, 6.45) is 1.71. The molecule has 0 aliphatic carbocycles. The average Bonchev–Trinajstić information content (AvgIpc) is 2.61. The normalized spacial score (nSPS) is 10.5. The van der Waals surface area contributed by atoms with E-state index in [0.29, 0.717) is 16.6 Å². The molecule has 1 amide bonds. The Hall–Kier alpha value is -2.56. The van der Waals surface area contributed by atoms with Gasteiger partial charge in [0, 0.05) is 24.5 Å². The second-order valence-electron chi connectivity index (χ2n) is 5.35. The Morgan fingerprint density at radius 2 is 1.60 bits per heavy atom. The Balaban J connectivity index is 1.71. The zero-order valence-electron chi connectivity index (χ0n) is 13.1. The number of nitrogens with one attached hydrogen (secondary N) is 1. The first kappa shape index (κ1) is 17.3. The van der Waals surface area contributed by atoms with Crippen molar-refractivity contribution in [2.24, 2.45) is 0 Å². The number of carbonyl (C=O) groups excluding carboxylic acids is 1. The van der Waals surface area contributed by atoms with Crippen LogP contribution >= 0.6 is 23.2 Å². The van der Waals surface area contributed by atoms with Crippen LogP contribution in [0.3, 0.4) is 0 Å². The van der Waals surface area contributed by atoms with Crippen LogP contribution in [0, 0.1) is 0 Å².